The molecule has 27 heavy (non-hydrogen) atoms. The number of hydrogen-bond acceptors (Lipinski definition) is 4. The molecule has 1 aromatic heterocycles. The number of rotatable bonds is 6. The molecule has 0 fully saturated rings. The quantitative estimate of drug-likeness (QED) is 0.621. The second-order valence-corrected chi connectivity index (χ2v) is 6.65. The van der Waals surface area contributed by atoms with Crippen LogP contribution in [0.25, 0.3) is 10.9 Å². The van der Waals surface area contributed by atoms with Gasteiger partial charge in [0, 0.05) is 18.2 Å². The van der Waals surface area contributed by atoms with E-state index in [1.54, 1.807) is 31.4 Å². The second-order valence-electron chi connectivity index (χ2n) is 6.24. The third kappa shape index (κ3) is 4.38. The molecule has 3 aromatic rings. The maximum atomic E-state index is 13.0. The van der Waals surface area contributed by atoms with Gasteiger partial charge in [-0.2, -0.15) is 0 Å². The lowest BCUT2D eigenvalue weighted by Crippen LogP contribution is -2.15. The second kappa shape index (κ2) is 8.37. The molecule has 6 heteroatoms. The van der Waals surface area contributed by atoms with Crippen LogP contribution in [-0.4, -0.2) is 31.2 Å². The van der Waals surface area contributed by atoms with E-state index in [9.17, 15) is 4.79 Å². The minimum absolute atomic E-state index is 0.241. The number of carbonyl (C=O) groups is 1. The van der Waals surface area contributed by atoms with E-state index in [0.717, 1.165) is 22.2 Å². The number of nitrogens with one attached hydrogen (secondary N) is 1. The average Bonchev–Trinajstić information content (AvgIpc) is 2.63. The van der Waals surface area contributed by atoms with Crippen LogP contribution in [0.4, 0.5) is 5.69 Å². The van der Waals surface area contributed by atoms with E-state index in [4.69, 9.17) is 21.1 Å². The highest BCUT2D eigenvalue weighted by Gasteiger charge is 2.16. The summed E-state index contributed by atoms with van der Waals surface area (Å²) in [4.78, 5) is 17.5. The van der Waals surface area contributed by atoms with Gasteiger partial charge < -0.3 is 14.8 Å². The Hall–Kier alpha value is -2.63. The van der Waals surface area contributed by atoms with E-state index < -0.39 is 0 Å². The summed E-state index contributed by atoms with van der Waals surface area (Å²) in [5.41, 5.74) is 3.70. The molecule has 0 aliphatic carbocycles. The van der Waals surface area contributed by atoms with Gasteiger partial charge in [-0.1, -0.05) is 29.3 Å². The first-order valence-corrected chi connectivity index (χ1v) is 8.97. The number of fused-ring (bicyclic) bond motifs is 1. The summed E-state index contributed by atoms with van der Waals surface area (Å²) in [6.07, 6.45) is 0. The minimum atomic E-state index is -0.241. The molecular formula is C21H21ClN2O3. The molecule has 2 aromatic carbocycles. The third-order valence-corrected chi connectivity index (χ3v) is 4.38. The number of benzene rings is 2. The third-order valence-electron chi connectivity index (χ3n) is 4.09. The number of pyridine rings is 1. The molecule has 0 unspecified atom stereocenters. The highest BCUT2D eigenvalue weighted by Crippen LogP contribution is 2.33. The Kier molecular flexibility index (Phi) is 5.94. The smallest absolute Gasteiger partial charge is 0.256 e. The van der Waals surface area contributed by atoms with Gasteiger partial charge in [0.25, 0.3) is 5.91 Å². The fourth-order valence-electron chi connectivity index (χ4n) is 2.83. The molecule has 1 heterocycles. The molecule has 0 atom stereocenters. The Balaban J connectivity index is 1.96. The molecule has 5 nitrogen and oxygen atoms in total. The zero-order valence-electron chi connectivity index (χ0n) is 15.5. The van der Waals surface area contributed by atoms with Crippen LogP contribution in [0.3, 0.4) is 0 Å². The van der Waals surface area contributed by atoms with E-state index in [-0.39, 0.29) is 5.91 Å². The maximum Gasteiger partial charge on any atom is 0.256 e. The van der Waals surface area contributed by atoms with Crippen molar-refractivity contribution in [1.29, 1.82) is 0 Å². The summed E-state index contributed by atoms with van der Waals surface area (Å²) in [6.45, 7) is 4.61. The van der Waals surface area contributed by atoms with E-state index in [1.807, 2.05) is 32.0 Å². The number of ether oxygens (including phenoxy) is 2. The van der Waals surface area contributed by atoms with Gasteiger partial charge in [0.2, 0.25) is 0 Å². The lowest BCUT2D eigenvalue weighted by Gasteiger charge is -2.15. The number of amides is 1. The number of para-hydroxylation sites is 1. The number of aryl methyl sites for hydroxylation is 2. The zero-order valence-corrected chi connectivity index (χ0v) is 16.3. The van der Waals surface area contributed by atoms with Crippen molar-refractivity contribution in [3.8, 4) is 5.75 Å². The molecule has 0 bridgehead atoms. The summed E-state index contributed by atoms with van der Waals surface area (Å²) < 4.78 is 10.7. The van der Waals surface area contributed by atoms with Crippen LogP contribution in [0, 0.1) is 13.8 Å². The molecule has 0 aliphatic heterocycles. The van der Waals surface area contributed by atoms with E-state index in [1.165, 1.54) is 0 Å². The molecule has 0 saturated heterocycles. The van der Waals surface area contributed by atoms with Gasteiger partial charge in [-0.25, -0.2) is 0 Å². The first-order valence-electron chi connectivity index (χ1n) is 8.59. The highest BCUT2D eigenvalue weighted by atomic mass is 35.5. The number of methoxy groups -OCH3 is 1. The Labute approximate surface area is 163 Å². The van der Waals surface area contributed by atoms with Crippen molar-refractivity contribution < 1.29 is 14.3 Å². The Morgan fingerprint density at radius 1 is 1.15 bits per heavy atom. The van der Waals surface area contributed by atoms with Crippen LogP contribution in [0.5, 0.6) is 5.75 Å². The van der Waals surface area contributed by atoms with Crippen LogP contribution in [-0.2, 0) is 4.74 Å². The fraction of sp³-hybridized carbons (Fsp3) is 0.238. The zero-order chi connectivity index (χ0) is 19.4. The first-order chi connectivity index (χ1) is 13.0. The largest absolute Gasteiger partial charge is 0.487 e. The van der Waals surface area contributed by atoms with Crippen LogP contribution in [0.15, 0.2) is 42.5 Å². The topological polar surface area (TPSA) is 60.5 Å². The van der Waals surface area contributed by atoms with Crippen molar-refractivity contribution in [3.05, 3.63) is 64.3 Å². The molecule has 1 amide bonds. The predicted octanol–water partition coefficient (Wildman–Crippen LogP) is 4.78. The maximum absolute atomic E-state index is 13.0. The number of aromatic nitrogens is 1. The van der Waals surface area contributed by atoms with Crippen molar-refractivity contribution in [2.45, 2.75) is 13.8 Å². The molecule has 0 spiro atoms. The van der Waals surface area contributed by atoms with E-state index in [2.05, 4.69) is 10.3 Å². The highest BCUT2D eigenvalue weighted by molar-refractivity contribution is 6.32. The van der Waals surface area contributed by atoms with Crippen molar-refractivity contribution in [3.63, 3.8) is 0 Å². The lowest BCUT2D eigenvalue weighted by molar-refractivity contribution is 0.102. The minimum Gasteiger partial charge on any atom is -0.487 e. The number of hydrogen-bond donors (Lipinski definition) is 1. The Bertz CT molecular complexity index is 989. The first kappa shape index (κ1) is 19.1. The number of anilines is 1. The summed E-state index contributed by atoms with van der Waals surface area (Å²) in [6, 6.07) is 12.9. The van der Waals surface area contributed by atoms with Gasteiger partial charge in [0.05, 0.1) is 28.4 Å². The van der Waals surface area contributed by atoms with Crippen LogP contribution >= 0.6 is 11.6 Å². The normalized spacial score (nSPS) is 10.8. The molecule has 3 rings (SSSR count). The molecule has 0 radical (unpaired) electrons. The van der Waals surface area contributed by atoms with E-state index in [0.29, 0.717) is 35.2 Å². The molecule has 140 valence electrons. The van der Waals surface area contributed by atoms with E-state index >= 15 is 0 Å². The van der Waals surface area contributed by atoms with Gasteiger partial charge in [-0.05, 0) is 44.2 Å². The van der Waals surface area contributed by atoms with Crippen molar-refractivity contribution >= 4 is 34.1 Å². The van der Waals surface area contributed by atoms with Gasteiger partial charge in [-0.15, -0.1) is 0 Å². The molecular weight excluding hydrogens is 364 g/mol. The van der Waals surface area contributed by atoms with Crippen molar-refractivity contribution in [2.75, 3.05) is 25.6 Å². The lowest BCUT2D eigenvalue weighted by atomic mass is 10.0. The number of halogens is 1. The van der Waals surface area contributed by atoms with Crippen molar-refractivity contribution in [1.82, 2.24) is 4.98 Å². The van der Waals surface area contributed by atoms with Gasteiger partial charge in [0.1, 0.15) is 6.61 Å². The summed E-state index contributed by atoms with van der Waals surface area (Å²) in [5, 5.41) is 4.15. The van der Waals surface area contributed by atoms with Crippen LogP contribution in [0.1, 0.15) is 21.6 Å². The Morgan fingerprint density at radius 2 is 1.96 bits per heavy atom. The predicted molar refractivity (Wildman–Crippen MR) is 108 cm³/mol. The SMILES string of the molecule is COCCOc1c(Cl)cccc1NC(=O)c1cc(C)nc2ccc(C)cc12. The average molecular weight is 385 g/mol. The molecule has 0 saturated carbocycles. The fourth-order valence-corrected chi connectivity index (χ4v) is 3.06. The van der Waals surface area contributed by atoms with Gasteiger partial charge in [0.15, 0.2) is 5.75 Å². The summed E-state index contributed by atoms with van der Waals surface area (Å²) >= 11 is 6.25. The number of nitrogens with zero attached hydrogens (tertiary/aromatic N) is 1. The summed E-state index contributed by atoms with van der Waals surface area (Å²) in [7, 11) is 1.59. The Morgan fingerprint density at radius 3 is 2.74 bits per heavy atom. The van der Waals surface area contributed by atoms with Gasteiger partial charge in [-0.3, -0.25) is 9.78 Å². The van der Waals surface area contributed by atoms with Crippen LogP contribution in [0.2, 0.25) is 5.02 Å². The molecule has 0 aliphatic rings. The van der Waals surface area contributed by atoms with Crippen LogP contribution < -0.4 is 10.1 Å². The number of carbonyl (C=O) groups excluding carboxylic acids is 1. The van der Waals surface area contributed by atoms with Gasteiger partial charge >= 0.3 is 0 Å². The standard InChI is InChI=1S/C21H21ClN2O3/c1-13-7-8-18-15(11-13)16(12-14(2)23-18)21(25)24-19-6-4-5-17(22)20(19)27-10-9-26-3/h4-8,11-12H,9-10H2,1-3H3,(H,24,25). The van der Waals surface area contributed by atoms with Crippen molar-refractivity contribution in [2.24, 2.45) is 0 Å². The summed E-state index contributed by atoms with van der Waals surface area (Å²) in [5.74, 6) is 0.186. The molecule has 1 N–H and O–H groups in total. The monoisotopic (exact) mass is 384 g/mol.